The molecule has 0 aromatic carbocycles. The Hall–Kier alpha value is -1.79. The van der Waals surface area contributed by atoms with Gasteiger partial charge in [0.1, 0.15) is 5.82 Å². The summed E-state index contributed by atoms with van der Waals surface area (Å²) in [7, 11) is 1.56. The van der Waals surface area contributed by atoms with E-state index in [4.69, 9.17) is 10.5 Å². The van der Waals surface area contributed by atoms with Gasteiger partial charge in [0.15, 0.2) is 0 Å². The van der Waals surface area contributed by atoms with Crippen LogP contribution in [0, 0.1) is 17.7 Å². The zero-order chi connectivity index (χ0) is 16.0. The summed E-state index contributed by atoms with van der Waals surface area (Å²) in [5.41, 5.74) is 7.97. The Morgan fingerprint density at radius 3 is 3.00 bits per heavy atom. The van der Waals surface area contributed by atoms with Gasteiger partial charge >= 0.3 is 0 Å². The number of halogens is 1. The first kappa shape index (κ1) is 14.8. The molecule has 0 bridgehead atoms. The molecule has 122 valence electrons. The van der Waals surface area contributed by atoms with E-state index in [9.17, 15) is 4.39 Å². The van der Waals surface area contributed by atoms with E-state index in [1.165, 1.54) is 6.20 Å². The minimum absolute atomic E-state index is 0.294. The number of aromatic nitrogens is 2. The van der Waals surface area contributed by atoms with Crippen molar-refractivity contribution in [3.63, 3.8) is 0 Å². The van der Waals surface area contributed by atoms with Gasteiger partial charge in [0.05, 0.1) is 24.3 Å². The zero-order valence-electron chi connectivity index (χ0n) is 13.2. The van der Waals surface area contributed by atoms with Crippen LogP contribution in [0.5, 0.6) is 5.88 Å². The highest BCUT2D eigenvalue weighted by Crippen LogP contribution is 2.39. The molecule has 4 rings (SSSR count). The summed E-state index contributed by atoms with van der Waals surface area (Å²) in [6.45, 7) is 2.95. The molecule has 5 nitrogen and oxygen atoms in total. The van der Waals surface area contributed by atoms with E-state index < -0.39 is 0 Å². The fourth-order valence-corrected chi connectivity index (χ4v) is 3.93. The third-order valence-electron chi connectivity index (χ3n) is 5.32. The Bertz CT molecular complexity index is 738. The standard InChI is InChI=1S/C17H21FN4O/c1-23-16-3-2-15-17(21-16)11(13(18)7-20-15)4-5-22-8-10-6-14(19)12(10)9-22/h2-3,7,10,12,14H,4-6,8-9,19H2,1H3. The second-order valence-electron chi connectivity index (χ2n) is 6.64. The fourth-order valence-electron chi connectivity index (χ4n) is 3.93. The smallest absolute Gasteiger partial charge is 0.213 e. The van der Waals surface area contributed by atoms with Crippen molar-refractivity contribution in [2.75, 3.05) is 26.7 Å². The predicted octanol–water partition coefficient (Wildman–Crippen LogP) is 1.60. The normalized spacial score (nSPS) is 27.0. The third kappa shape index (κ3) is 2.56. The predicted molar refractivity (Wildman–Crippen MR) is 85.8 cm³/mol. The molecule has 1 aliphatic heterocycles. The van der Waals surface area contributed by atoms with Gasteiger partial charge < -0.3 is 15.4 Å². The number of fused-ring (bicyclic) bond motifs is 2. The fraction of sp³-hybridized carbons (Fsp3) is 0.529. The molecule has 0 radical (unpaired) electrons. The largest absolute Gasteiger partial charge is 0.481 e. The summed E-state index contributed by atoms with van der Waals surface area (Å²) in [6.07, 6.45) is 3.04. The second-order valence-corrected chi connectivity index (χ2v) is 6.64. The molecule has 2 N–H and O–H groups in total. The van der Waals surface area contributed by atoms with Gasteiger partial charge in [0, 0.05) is 37.3 Å². The van der Waals surface area contributed by atoms with Gasteiger partial charge in [-0.25, -0.2) is 9.37 Å². The SMILES string of the molecule is COc1ccc2ncc(F)c(CCN3CC4CC(N)C4C3)c2n1. The average Bonchev–Trinajstić information content (AvgIpc) is 2.90. The molecule has 2 aromatic heterocycles. The number of hydrogen-bond acceptors (Lipinski definition) is 5. The van der Waals surface area contributed by atoms with Crippen molar-refractivity contribution >= 4 is 11.0 Å². The Kier molecular flexibility index (Phi) is 3.66. The lowest BCUT2D eigenvalue weighted by Crippen LogP contribution is -2.46. The highest BCUT2D eigenvalue weighted by Gasteiger charge is 2.44. The van der Waals surface area contributed by atoms with E-state index in [0.29, 0.717) is 40.9 Å². The van der Waals surface area contributed by atoms with Gasteiger partial charge in [-0.2, -0.15) is 0 Å². The molecule has 2 fully saturated rings. The molecule has 23 heavy (non-hydrogen) atoms. The first-order valence-electron chi connectivity index (χ1n) is 8.11. The maximum absolute atomic E-state index is 14.3. The van der Waals surface area contributed by atoms with Crippen LogP contribution in [0.4, 0.5) is 4.39 Å². The highest BCUT2D eigenvalue weighted by atomic mass is 19.1. The molecule has 1 aliphatic carbocycles. The van der Waals surface area contributed by atoms with Gasteiger partial charge in [-0.15, -0.1) is 0 Å². The molecule has 0 amide bonds. The van der Waals surface area contributed by atoms with E-state index in [1.54, 1.807) is 13.2 Å². The van der Waals surface area contributed by atoms with Crippen LogP contribution in [0.2, 0.25) is 0 Å². The summed E-state index contributed by atoms with van der Waals surface area (Å²) in [6, 6.07) is 3.92. The molecule has 3 heterocycles. The average molecular weight is 316 g/mol. The van der Waals surface area contributed by atoms with E-state index >= 15 is 0 Å². The van der Waals surface area contributed by atoms with Crippen molar-refractivity contribution in [2.45, 2.75) is 18.9 Å². The first-order chi connectivity index (χ1) is 11.2. The molecular formula is C17H21FN4O. The van der Waals surface area contributed by atoms with Crippen molar-refractivity contribution in [3.05, 3.63) is 29.7 Å². The molecule has 0 spiro atoms. The molecule has 1 saturated heterocycles. The summed E-state index contributed by atoms with van der Waals surface area (Å²) >= 11 is 0. The lowest BCUT2D eigenvalue weighted by Gasteiger charge is -2.36. The van der Waals surface area contributed by atoms with Crippen molar-refractivity contribution in [2.24, 2.45) is 17.6 Å². The molecule has 3 atom stereocenters. The topological polar surface area (TPSA) is 64.3 Å². The monoisotopic (exact) mass is 316 g/mol. The van der Waals surface area contributed by atoms with Crippen molar-refractivity contribution < 1.29 is 9.13 Å². The molecule has 3 unspecified atom stereocenters. The van der Waals surface area contributed by atoms with Crippen LogP contribution in [-0.2, 0) is 6.42 Å². The Labute approximate surface area is 134 Å². The van der Waals surface area contributed by atoms with Gasteiger partial charge in [-0.3, -0.25) is 4.98 Å². The molecule has 6 heteroatoms. The minimum atomic E-state index is -0.294. The van der Waals surface area contributed by atoms with E-state index in [-0.39, 0.29) is 5.82 Å². The maximum atomic E-state index is 14.3. The van der Waals surface area contributed by atoms with Crippen LogP contribution in [0.25, 0.3) is 11.0 Å². The Balaban J connectivity index is 1.55. The van der Waals surface area contributed by atoms with Crippen molar-refractivity contribution in [1.82, 2.24) is 14.9 Å². The van der Waals surface area contributed by atoms with Crippen LogP contribution >= 0.6 is 0 Å². The van der Waals surface area contributed by atoms with E-state index in [2.05, 4.69) is 14.9 Å². The van der Waals surface area contributed by atoms with Gasteiger partial charge in [0.2, 0.25) is 5.88 Å². The summed E-state index contributed by atoms with van der Waals surface area (Å²) < 4.78 is 19.4. The lowest BCUT2D eigenvalue weighted by molar-refractivity contribution is 0.194. The number of rotatable bonds is 4. The molecular weight excluding hydrogens is 295 g/mol. The van der Waals surface area contributed by atoms with Crippen molar-refractivity contribution in [1.29, 1.82) is 0 Å². The van der Waals surface area contributed by atoms with Gasteiger partial charge in [-0.05, 0) is 30.7 Å². The second kappa shape index (κ2) is 5.69. The summed E-state index contributed by atoms with van der Waals surface area (Å²) in [4.78, 5) is 10.9. The highest BCUT2D eigenvalue weighted by molar-refractivity contribution is 5.78. The quantitative estimate of drug-likeness (QED) is 0.928. The summed E-state index contributed by atoms with van der Waals surface area (Å²) in [5, 5.41) is 0. The van der Waals surface area contributed by atoms with Crippen LogP contribution in [-0.4, -0.2) is 47.7 Å². The van der Waals surface area contributed by atoms with E-state index in [1.807, 2.05) is 6.07 Å². The number of likely N-dealkylation sites (tertiary alicyclic amines) is 1. The molecule has 2 aromatic rings. The number of ether oxygens (including phenoxy) is 1. The Morgan fingerprint density at radius 1 is 1.39 bits per heavy atom. The summed E-state index contributed by atoms with van der Waals surface area (Å²) in [5.74, 6) is 1.56. The number of hydrogen-bond donors (Lipinski definition) is 1. The van der Waals surface area contributed by atoms with E-state index in [0.717, 1.165) is 32.0 Å². The number of pyridine rings is 2. The molecule has 1 saturated carbocycles. The minimum Gasteiger partial charge on any atom is -0.481 e. The first-order valence-corrected chi connectivity index (χ1v) is 8.11. The van der Waals surface area contributed by atoms with Gasteiger partial charge in [-0.1, -0.05) is 0 Å². The number of nitrogens with two attached hydrogens (primary N) is 1. The van der Waals surface area contributed by atoms with Crippen LogP contribution in [0.15, 0.2) is 18.3 Å². The third-order valence-corrected chi connectivity index (χ3v) is 5.32. The zero-order valence-corrected chi connectivity index (χ0v) is 13.2. The van der Waals surface area contributed by atoms with Gasteiger partial charge in [0.25, 0.3) is 0 Å². The van der Waals surface area contributed by atoms with Crippen molar-refractivity contribution in [3.8, 4) is 5.88 Å². The molecule has 2 aliphatic rings. The van der Waals surface area contributed by atoms with Crippen LogP contribution in [0.3, 0.4) is 0 Å². The number of nitrogens with zero attached hydrogens (tertiary/aromatic N) is 3. The van der Waals surface area contributed by atoms with Crippen LogP contribution < -0.4 is 10.5 Å². The number of methoxy groups -OCH3 is 1. The Morgan fingerprint density at radius 2 is 2.26 bits per heavy atom. The lowest BCUT2D eigenvalue weighted by atomic mass is 9.72. The van der Waals surface area contributed by atoms with Crippen LogP contribution in [0.1, 0.15) is 12.0 Å². The maximum Gasteiger partial charge on any atom is 0.213 e.